The van der Waals surface area contributed by atoms with Crippen LogP contribution in [0, 0.1) is 11.8 Å². The van der Waals surface area contributed by atoms with Crippen molar-refractivity contribution in [1.29, 1.82) is 0 Å². The third-order valence-corrected chi connectivity index (χ3v) is 5.36. The maximum atomic E-state index is 6.03. The predicted octanol–water partition coefficient (Wildman–Crippen LogP) is 2.05. The average molecular weight is 287 g/mol. The minimum absolute atomic E-state index is 0.625. The Hall–Kier alpha value is -0.900. The van der Waals surface area contributed by atoms with Gasteiger partial charge in [-0.1, -0.05) is 30.3 Å². The summed E-state index contributed by atoms with van der Waals surface area (Å²) in [5.74, 6) is 2.18. The molecular formula is C18H29N3. The topological polar surface area (TPSA) is 41.3 Å². The lowest BCUT2D eigenvalue weighted by Crippen LogP contribution is -2.31. The van der Waals surface area contributed by atoms with E-state index in [2.05, 4.69) is 40.5 Å². The van der Waals surface area contributed by atoms with Crippen LogP contribution in [0.4, 0.5) is 0 Å². The Morgan fingerprint density at radius 1 is 1.10 bits per heavy atom. The van der Waals surface area contributed by atoms with E-state index >= 15 is 0 Å². The maximum absolute atomic E-state index is 6.03. The van der Waals surface area contributed by atoms with Gasteiger partial charge >= 0.3 is 0 Å². The number of likely N-dealkylation sites (tertiary alicyclic amines) is 1. The van der Waals surface area contributed by atoms with E-state index in [1.165, 1.54) is 57.5 Å². The van der Waals surface area contributed by atoms with Gasteiger partial charge in [0.1, 0.15) is 0 Å². The van der Waals surface area contributed by atoms with Crippen LogP contribution in [0.1, 0.15) is 30.7 Å². The number of piperidine rings is 1. The maximum Gasteiger partial charge on any atom is 0.00540 e. The van der Waals surface area contributed by atoms with Crippen LogP contribution in [0.25, 0.3) is 0 Å². The van der Waals surface area contributed by atoms with Crippen LogP contribution >= 0.6 is 0 Å². The number of nitrogens with zero attached hydrogens (tertiary/aromatic N) is 1. The first-order chi connectivity index (χ1) is 10.4. The fraction of sp³-hybridized carbons (Fsp3) is 0.667. The molecule has 3 heteroatoms. The number of rotatable bonds is 5. The molecule has 0 spiro atoms. The summed E-state index contributed by atoms with van der Waals surface area (Å²) in [5.41, 5.74) is 7.50. The molecule has 0 amide bonds. The van der Waals surface area contributed by atoms with Crippen molar-refractivity contribution in [1.82, 2.24) is 10.2 Å². The van der Waals surface area contributed by atoms with Crippen LogP contribution < -0.4 is 11.1 Å². The summed E-state index contributed by atoms with van der Waals surface area (Å²) in [4.78, 5) is 2.65. The summed E-state index contributed by atoms with van der Waals surface area (Å²) in [5, 5.41) is 3.46. The fourth-order valence-corrected chi connectivity index (χ4v) is 4.00. The first-order valence-corrected chi connectivity index (χ1v) is 8.55. The molecule has 3 rings (SSSR count). The molecule has 0 aromatic heterocycles. The Bertz CT molecular complexity index is 414. The number of nitrogens with one attached hydrogen (secondary N) is 1. The highest BCUT2D eigenvalue weighted by Crippen LogP contribution is 2.32. The third-order valence-electron chi connectivity index (χ3n) is 5.36. The zero-order valence-electron chi connectivity index (χ0n) is 13.0. The standard InChI is InChI=1S/C18H29N3/c19-12-17-13-21(11-8-15-6-9-20-10-7-15)14-18(17)16-4-2-1-3-5-16/h1-5,15,17-18,20H,6-14,19H2/t17-,18+/m1/s1. The smallest absolute Gasteiger partial charge is 0.00540 e. The first kappa shape index (κ1) is 15.0. The largest absolute Gasteiger partial charge is 0.330 e. The van der Waals surface area contributed by atoms with E-state index in [4.69, 9.17) is 5.73 Å². The van der Waals surface area contributed by atoms with Gasteiger partial charge in [-0.15, -0.1) is 0 Å². The fourth-order valence-electron chi connectivity index (χ4n) is 4.00. The molecule has 1 aromatic rings. The van der Waals surface area contributed by atoms with Crippen molar-refractivity contribution in [2.75, 3.05) is 39.3 Å². The molecule has 0 saturated carbocycles. The quantitative estimate of drug-likeness (QED) is 0.871. The number of benzene rings is 1. The second kappa shape index (κ2) is 7.39. The molecular weight excluding hydrogens is 258 g/mol. The lowest BCUT2D eigenvalue weighted by atomic mass is 9.89. The highest BCUT2D eigenvalue weighted by molar-refractivity contribution is 5.22. The minimum atomic E-state index is 0.625. The predicted molar refractivity (Wildman–Crippen MR) is 88.4 cm³/mol. The minimum Gasteiger partial charge on any atom is -0.330 e. The van der Waals surface area contributed by atoms with Crippen LogP contribution in [0.15, 0.2) is 30.3 Å². The van der Waals surface area contributed by atoms with Gasteiger partial charge in [-0.25, -0.2) is 0 Å². The summed E-state index contributed by atoms with van der Waals surface area (Å²) in [7, 11) is 0. The normalized spacial score (nSPS) is 28.0. The molecule has 116 valence electrons. The molecule has 2 aliphatic rings. The molecule has 0 aliphatic carbocycles. The molecule has 0 bridgehead atoms. The van der Waals surface area contributed by atoms with Gasteiger partial charge in [0.2, 0.25) is 0 Å². The Morgan fingerprint density at radius 3 is 2.57 bits per heavy atom. The summed E-state index contributed by atoms with van der Waals surface area (Å²) in [6.45, 7) is 6.86. The van der Waals surface area contributed by atoms with Gasteiger partial charge in [-0.05, 0) is 62.8 Å². The molecule has 2 fully saturated rings. The van der Waals surface area contributed by atoms with Crippen LogP contribution in [-0.4, -0.2) is 44.2 Å². The number of hydrogen-bond donors (Lipinski definition) is 2. The molecule has 2 atom stereocenters. The van der Waals surface area contributed by atoms with E-state index < -0.39 is 0 Å². The van der Waals surface area contributed by atoms with E-state index in [1.807, 2.05) is 0 Å². The van der Waals surface area contributed by atoms with E-state index in [0.29, 0.717) is 11.8 Å². The zero-order chi connectivity index (χ0) is 14.5. The summed E-state index contributed by atoms with van der Waals surface area (Å²) in [6, 6.07) is 10.9. The molecule has 3 nitrogen and oxygen atoms in total. The van der Waals surface area contributed by atoms with Gasteiger partial charge in [0, 0.05) is 19.0 Å². The highest BCUT2D eigenvalue weighted by Gasteiger charge is 2.32. The van der Waals surface area contributed by atoms with Crippen molar-refractivity contribution in [3.8, 4) is 0 Å². The van der Waals surface area contributed by atoms with Gasteiger partial charge in [0.05, 0.1) is 0 Å². The Labute approximate surface area is 128 Å². The van der Waals surface area contributed by atoms with Crippen LogP contribution in [-0.2, 0) is 0 Å². The molecule has 1 aromatic carbocycles. The second-order valence-corrected chi connectivity index (χ2v) is 6.75. The van der Waals surface area contributed by atoms with Gasteiger partial charge in [0.15, 0.2) is 0 Å². The molecule has 3 N–H and O–H groups in total. The number of nitrogens with two attached hydrogens (primary N) is 1. The third kappa shape index (κ3) is 3.85. The lowest BCUT2D eigenvalue weighted by Gasteiger charge is -2.25. The van der Waals surface area contributed by atoms with Crippen molar-refractivity contribution in [3.05, 3.63) is 35.9 Å². The van der Waals surface area contributed by atoms with E-state index in [0.717, 1.165) is 12.5 Å². The SMILES string of the molecule is NC[C@@H]1CN(CCC2CCNCC2)C[C@H]1c1ccccc1. The van der Waals surface area contributed by atoms with Crippen LogP contribution in [0.5, 0.6) is 0 Å². The first-order valence-electron chi connectivity index (χ1n) is 8.55. The van der Waals surface area contributed by atoms with Crippen molar-refractivity contribution in [3.63, 3.8) is 0 Å². The Kier molecular flexibility index (Phi) is 5.28. The van der Waals surface area contributed by atoms with Crippen molar-refractivity contribution >= 4 is 0 Å². The van der Waals surface area contributed by atoms with Crippen LogP contribution in [0.3, 0.4) is 0 Å². The van der Waals surface area contributed by atoms with E-state index in [-0.39, 0.29) is 0 Å². The molecule has 0 radical (unpaired) electrons. The average Bonchev–Trinajstić information content (AvgIpc) is 2.98. The van der Waals surface area contributed by atoms with Gasteiger partial charge < -0.3 is 16.0 Å². The van der Waals surface area contributed by atoms with Gasteiger partial charge in [-0.2, -0.15) is 0 Å². The zero-order valence-corrected chi connectivity index (χ0v) is 13.0. The summed E-state index contributed by atoms with van der Waals surface area (Å²) in [6.07, 6.45) is 4.08. The highest BCUT2D eigenvalue weighted by atomic mass is 15.2. The second-order valence-electron chi connectivity index (χ2n) is 6.75. The summed E-state index contributed by atoms with van der Waals surface area (Å²) >= 11 is 0. The van der Waals surface area contributed by atoms with Gasteiger partial charge in [0.25, 0.3) is 0 Å². The molecule has 2 saturated heterocycles. The Balaban J connectivity index is 1.54. The number of hydrogen-bond acceptors (Lipinski definition) is 3. The molecule has 2 aliphatic heterocycles. The van der Waals surface area contributed by atoms with E-state index in [1.54, 1.807) is 0 Å². The lowest BCUT2D eigenvalue weighted by molar-refractivity contribution is 0.265. The molecule has 2 heterocycles. The molecule has 21 heavy (non-hydrogen) atoms. The summed E-state index contributed by atoms with van der Waals surface area (Å²) < 4.78 is 0. The van der Waals surface area contributed by atoms with Gasteiger partial charge in [-0.3, -0.25) is 0 Å². The monoisotopic (exact) mass is 287 g/mol. The van der Waals surface area contributed by atoms with Crippen LogP contribution in [0.2, 0.25) is 0 Å². The van der Waals surface area contributed by atoms with Crippen molar-refractivity contribution in [2.24, 2.45) is 17.6 Å². The van der Waals surface area contributed by atoms with Crippen molar-refractivity contribution in [2.45, 2.75) is 25.2 Å². The van der Waals surface area contributed by atoms with E-state index in [9.17, 15) is 0 Å². The Morgan fingerprint density at radius 2 is 1.86 bits per heavy atom. The van der Waals surface area contributed by atoms with Crippen molar-refractivity contribution < 1.29 is 0 Å². The molecule has 0 unspecified atom stereocenters.